The van der Waals surface area contributed by atoms with Crippen LogP contribution >= 0.6 is 0 Å². The summed E-state index contributed by atoms with van der Waals surface area (Å²) in [5, 5.41) is 0. The number of hydrogen-bond acceptors (Lipinski definition) is 3. The lowest BCUT2D eigenvalue weighted by Crippen LogP contribution is -2.27. The third kappa shape index (κ3) is 3.22. The van der Waals surface area contributed by atoms with Crippen molar-refractivity contribution < 1.29 is 14.3 Å². The molecule has 1 atom stereocenters. The Morgan fingerprint density at radius 3 is 2.67 bits per heavy atom. The third-order valence-corrected chi connectivity index (χ3v) is 2.04. The third-order valence-electron chi connectivity index (χ3n) is 2.04. The highest BCUT2D eigenvalue weighted by molar-refractivity contribution is 5.70. The van der Waals surface area contributed by atoms with E-state index in [1.807, 2.05) is 20.8 Å². The Hall–Kier alpha value is -0.570. The maximum Gasteiger partial charge on any atom is 0.309 e. The molecule has 0 bridgehead atoms. The summed E-state index contributed by atoms with van der Waals surface area (Å²) in [7, 11) is 0. The van der Waals surface area contributed by atoms with Crippen molar-refractivity contribution in [2.45, 2.75) is 45.3 Å². The van der Waals surface area contributed by atoms with E-state index in [1.54, 1.807) is 0 Å². The second-order valence-corrected chi connectivity index (χ2v) is 3.75. The zero-order chi connectivity index (χ0) is 9.19. The van der Waals surface area contributed by atoms with Gasteiger partial charge in [0.15, 0.2) is 0 Å². The minimum Gasteiger partial charge on any atom is -0.460 e. The van der Waals surface area contributed by atoms with Crippen LogP contribution < -0.4 is 0 Å². The van der Waals surface area contributed by atoms with Crippen LogP contribution in [0.5, 0.6) is 0 Å². The van der Waals surface area contributed by atoms with Gasteiger partial charge in [0, 0.05) is 0 Å². The SMILES string of the molecule is CCC(C)(C)OC(=O)CC1CO1. The van der Waals surface area contributed by atoms with Gasteiger partial charge in [-0.25, -0.2) is 0 Å². The van der Waals surface area contributed by atoms with Gasteiger partial charge >= 0.3 is 5.97 Å². The Morgan fingerprint density at radius 1 is 1.67 bits per heavy atom. The van der Waals surface area contributed by atoms with E-state index in [-0.39, 0.29) is 17.7 Å². The Morgan fingerprint density at radius 2 is 2.25 bits per heavy atom. The Balaban J connectivity index is 2.23. The van der Waals surface area contributed by atoms with E-state index in [9.17, 15) is 4.79 Å². The lowest BCUT2D eigenvalue weighted by atomic mass is 10.1. The number of carbonyl (C=O) groups excluding carboxylic acids is 1. The predicted molar refractivity (Wildman–Crippen MR) is 44.8 cm³/mol. The molecule has 0 saturated carbocycles. The maximum absolute atomic E-state index is 11.2. The van der Waals surface area contributed by atoms with E-state index < -0.39 is 0 Å². The van der Waals surface area contributed by atoms with Crippen molar-refractivity contribution in [1.82, 2.24) is 0 Å². The number of rotatable bonds is 4. The van der Waals surface area contributed by atoms with Crippen LogP contribution in [0.1, 0.15) is 33.6 Å². The van der Waals surface area contributed by atoms with Gasteiger partial charge in [0.1, 0.15) is 5.60 Å². The van der Waals surface area contributed by atoms with Gasteiger partial charge in [-0.3, -0.25) is 4.79 Å². The quantitative estimate of drug-likeness (QED) is 0.476. The number of carbonyl (C=O) groups is 1. The van der Waals surface area contributed by atoms with Crippen LogP contribution in [0.3, 0.4) is 0 Å². The average Bonchev–Trinajstić information content (AvgIpc) is 2.70. The molecule has 0 radical (unpaired) electrons. The molecule has 1 saturated heterocycles. The van der Waals surface area contributed by atoms with Gasteiger partial charge in [0.05, 0.1) is 19.1 Å². The molecular weight excluding hydrogens is 156 g/mol. The van der Waals surface area contributed by atoms with Crippen molar-refractivity contribution in [1.29, 1.82) is 0 Å². The molecule has 1 rings (SSSR count). The van der Waals surface area contributed by atoms with Crippen LogP contribution in [0, 0.1) is 0 Å². The monoisotopic (exact) mass is 172 g/mol. The molecule has 0 aromatic heterocycles. The van der Waals surface area contributed by atoms with Crippen molar-refractivity contribution in [3.63, 3.8) is 0 Å². The van der Waals surface area contributed by atoms with Crippen LogP contribution in [-0.2, 0) is 14.3 Å². The minimum absolute atomic E-state index is 0.130. The largest absolute Gasteiger partial charge is 0.460 e. The van der Waals surface area contributed by atoms with E-state index in [4.69, 9.17) is 9.47 Å². The Kier molecular flexibility index (Phi) is 2.73. The summed E-state index contributed by atoms with van der Waals surface area (Å²) >= 11 is 0. The van der Waals surface area contributed by atoms with Gasteiger partial charge < -0.3 is 9.47 Å². The second kappa shape index (κ2) is 3.44. The lowest BCUT2D eigenvalue weighted by Gasteiger charge is -2.22. The first-order valence-corrected chi connectivity index (χ1v) is 4.37. The molecule has 0 aliphatic carbocycles. The maximum atomic E-state index is 11.2. The summed E-state index contributed by atoms with van der Waals surface area (Å²) in [6, 6.07) is 0. The minimum atomic E-state index is -0.327. The molecule has 1 heterocycles. The summed E-state index contributed by atoms with van der Waals surface area (Å²) in [5.41, 5.74) is -0.327. The van der Waals surface area contributed by atoms with Crippen LogP contribution in [0.4, 0.5) is 0 Å². The molecule has 0 amide bonds. The van der Waals surface area contributed by atoms with Crippen LogP contribution in [0.15, 0.2) is 0 Å². The molecule has 1 unspecified atom stereocenters. The molecule has 1 fully saturated rings. The summed E-state index contributed by atoms with van der Waals surface area (Å²) in [6.45, 7) is 6.54. The highest BCUT2D eigenvalue weighted by atomic mass is 16.6. The molecule has 0 aromatic carbocycles. The van der Waals surface area contributed by atoms with E-state index in [0.717, 1.165) is 6.42 Å². The topological polar surface area (TPSA) is 38.8 Å². The molecule has 3 heteroatoms. The van der Waals surface area contributed by atoms with Crippen molar-refractivity contribution in [3.8, 4) is 0 Å². The fraction of sp³-hybridized carbons (Fsp3) is 0.889. The molecule has 1 aliphatic heterocycles. The number of esters is 1. The van der Waals surface area contributed by atoms with Crippen LogP contribution in [-0.4, -0.2) is 24.3 Å². The Bertz CT molecular complexity index is 171. The summed E-state index contributed by atoms with van der Waals surface area (Å²) in [4.78, 5) is 11.2. The van der Waals surface area contributed by atoms with E-state index >= 15 is 0 Å². The molecule has 3 nitrogen and oxygen atoms in total. The summed E-state index contributed by atoms with van der Waals surface area (Å²) in [5.74, 6) is -0.149. The van der Waals surface area contributed by atoms with Crippen molar-refractivity contribution in [2.75, 3.05) is 6.61 Å². The van der Waals surface area contributed by atoms with Gasteiger partial charge in [0.2, 0.25) is 0 Å². The molecule has 0 aromatic rings. The first kappa shape index (κ1) is 9.52. The lowest BCUT2D eigenvalue weighted by molar-refractivity contribution is -0.157. The highest BCUT2D eigenvalue weighted by Crippen LogP contribution is 2.19. The smallest absolute Gasteiger partial charge is 0.309 e. The van der Waals surface area contributed by atoms with E-state index in [2.05, 4.69) is 0 Å². The summed E-state index contributed by atoms with van der Waals surface area (Å²) < 4.78 is 10.1. The predicted octanol–water partition coefficient (Wildman–Crippen LogP) is 1.51. The number of ether oxygens (including phenoxy) is 2. The Labute approximate surface area is 73.0 Å². The van der Waals surface area contributed by atoms with E-state index in [1.165, 1.54) is 0 Å². The fourth-order valence-electron chi connectivity index (χ4n) is 0.794. The van der Waals surface area contributed by atoms with Crippen LogP contribution in [0.2, 0.25) is 0 Å². The van der Waals surface area contributed by atoms with Gasteiger partial charge in [0.25, 0.3) is 0 Å². The first-order chi connectivity index (χ1) is 5.53. The molecule has 0 N–H and O–H groups in total. The van der Waals surface area contributed by atoms with Gasteiger partial charge in [-0.1, -0.05) is 6.92 Å². The number of hydrogen-bond donors (Lipinski definition) is 0. The highest BCUT2D eigenvalue weighted by Gasteiger charge is 2.29. The molecule has 0 spiro atoms. The van der Waals surface area contributed by atoms with Crippen LogP contribution in [0.25, 0.3) is 0 Å². The molecule has 70 valence electrons. The average molecular weight is 172 g/mol. The van der Waals surface area contributed by atoms with Gasteiger partial charge in [-0.2, -0.15) is 0 Å². The number of epoxide rings is 1. The molecule has 12 heavy (non-hydrogen) atoms. The van der Waals surface area contributed by atoms with E-state index in [0.29, 0.717) is 13.0 Å². The zero-order valence-corrected chi connectivity index (χ0v) is 7.92. The standard InChI is InChI=1S/C9H16O3/c1-4-9(2,3)12-8(10)5-7-6-11-7/h7H,4-6H2,1-3H3. The van der Waals surface area contributed by atoms with Gasteiger partial charge in [-0.15, -0.1) is 0 Å². The summed E-state index contributed by atoms with van der Waals surface area (Å²) in [6.07, 6.45) is 1.37. The zero-order valence-electron chi connectivity index (χ0n) is 7.92. The molecular formula is C9H16O3. The van der Waals surface area contributed by atoms with Crippen molar-refractivity contribution in [3.05, 3.63) is 0 Å². The van der Waals surface area contributed by atoms with Crippen molar-refractivity contribution in [2.24, 2.45) is 0 Å². The normalized spacial score (nSPS) is 22.1. The van der Waals surface area contributed by atoms with Gasteiger partial charge in [-0.05, 0) is 20.3 Å². The molecule has 1 aliphatic rings. The first-order valence-electron chi connectivity index (χ1n) is 4.37. The van der Waals surface area contributed by atoms with Crippen molar-refractivity contribution >= 4 is 5.97 Å². The fourth-order valence-corrected chi connectivity index (χ4v) is 0.794. The second-order valence-electron chi connectivity index (χ2n) is 3.75.